The number of nitro groups is 1. The van der Waals surface area contributed by atoms with Crippen molar-refractivity contribution in [2.24, 2.45) is 0 Å². The quantitative estimate of drug-likeness (QED) is 0.485. The summed E-state index contributed by atoms with van der Waals surface area (Å²) in [5.74, 6) is -0.333. The van der Waals surface area contributed by atoms with Gasteiger partial charge in [0, 0.05) is 18.8 Å². The molecule has 1 saturated carbocycles. The summed E-state index contributed by atoms with van der Waals surface area (Å²) in [7, 11) is 0. The zero-order chi connectivity index (χ0) is 15.4. The van der Waals surface area contributed by atoms with Crippen LogP contribution < -0.4 is 0 Å². The van der Waals surface area contributed by atoms with Crippen molar-refractivity contribution in [3.63, 3.8) is 0 Å². The summed E-state index contributed by atoms with van der Waals surface area (Å²) in [5, 5.41) is 10.9. The lowest BCUT2D eigenvalue weighted by atomic mass is 9.93. The average molecular weight is 312 g/mol. The Kier molecular flexibility index (Phi) is 5.12. The van der Waals surface area contributed by atoms with Gasteiger partial charge in [-0.05, 0) is 25.8 Å². The van der Waals surface area contributed by atoms with Gasteiger partial charge in [0.1, 0.15) is 5.56 Å². The molecule has 1 aliphatic rings. The van der Waals surface area contributed by atoms with Crippen molar-refractivity contribution in [1.82, 2.24) is 9.88 Å². The second kappa shape index (κ2) is 6.85. The van der Waals surface area contributed by atoms with E-state index in [0.29, 0.717) is 6.54 Å². The predicted molar refractivity (Wildman–Crippen MR) is 79.5 cm³/mol. The van der Waals surface area contributed by atoms with Gasteiger partial charge in [-0.3, -0.25) is 14.9 Å². The predicted octanol–water partition coefficient (Wildman–Crippen LogP) is 3.44. The van der Waals surface area contributed by atoms with Crippen LogP contribution in [0.15, 0.2) is 12.3 Å². The SMILES string of the molecule is CCN(C(=O)c1ccnc(Cl)c1[N+](=O)[O-])C1CCCCC1. The molecule has 1 aromatic rings. The zero-order valence-electron chi connectivity index (χ0n) is 11.9. The number of rotatable bonds is 4. The lowest BCUT2D eigenvalue weighted by Gasteiger charge is -2.33. The Morgan fingerprint density at radius 3 is 2.71 bits per heavy atom. The van der Waals surface area contributed by atoms with E-state index in [1.807, 2.05) is 6.92 Å². The molecule has 0 radical (unpaired) electrons. The normalized spacial score (nSPS) is 15.7. The van der Waals surface area contributed by atoms with Gasteiger partial charge in [-0.1, -0.05) is 30.9 Å². The van der Waals surface area contributed by atoms with Crippen LogP contribution >= 0.6 is 11.6 Å². The molecule has 6 nitrogen and oxygen atoms in total. The number of carbonyl (C=O) groups is 1. The minimum absolute atomic E-state index is 0.0208. The Labute approximate surface area is 128 Å². The van der Waals surface area contributed by atoms with Crippen LogP contribution in [-0.4, -0.2) is 33.3 Å². The first-order valence-electron chi connectivity index (χ1n) is 7.16. The number of amides is 1. The Morgan fingerprint density at radius 2 is 2.14 bits per heavy atom. The summed E-state index contributed by atoms with van der Waals surface area (Å²) in [5.41, 5.74) is -0.383. The lowest BCUT2D eigenvalue weighted by Crippen LogP contribution is -2.41. The van der Waals surface area contributed by atoms with E-state index in [1.54, 1.807) is 4.90 Å². The maximum absolute atomic E-state index is 12.7. The van der Waals surface area contributed by atoms with Crippen LogP contribution in [0.2, 0.25) is 5.15 Å². The van der Waals surface area contributed by atoms with Crippen molar-refractivity contribution in [2.75, 3.05) is 6.54 Å². The summed E-state index contributed by atoms with van der Waals surface area (Å²) < 4.78 is 0. The van der Waals surface area contributed by atoms with Gasteiger partial charge in [0.25, 0.3) is 5.91 Å². The summed E-state index contributed by atoms with van der Waals surface area (Å²) in [4.78, 5) is 28.6. The third kappa shape index (κ3) is 3.32. The van der Waals surface area contributed by atoms with Crippen LogP contribution in [0.1, 0.15) is 49.4 Å². The number of nitrogens with zero attached hydrogens (tertiary/aromatic N) is 3. The molecule has 0 saturated heterocycles. The van der Waals surface area contributed by atoms with Gasteiger partial charge in [-0.2, -0.15) is 0 Å². The highest BCUT2D eigenvalue weighted by Gasteiger charge is 2.31. The maximum Gasteiger partial charge on any atom is 0.319 e. The van der Waals surface area contributed by atoms with Gasteiger partial charge >= 0.3 is 5.69 Å². The van der Waals surface area contributed by atoms with Crippen molar-refractivity contribution in [3.05, 3.63) is 33.1 Å². The van der Waals surface area contributed by atoms with Crippen LogP contribution in [-0.2, 0) is 0 Å². The van der Waals surface area contributed by atoms with Gasteiger partial charge < -0.3 is 4.90 Å². The Balaban J connectivity index is 2.33. The number of aromatic nitrogens is 1. The van der Waals surface area contributed by atoms with Gasteiger partial charge in [0.05, 0.1) is 4.92 Å². The number of carbonyl (C=O) groups excluding carboxylic acids is 1. The van der Waals surface area contributed by atoms with E-state index in [2.05, 4.69) is 4.98 Å². The summed E-state index contributed by atoms with van der Waals surface area (Å²) >= 11 is 5.78. The standard InChI is InChI=1S/C14H18ClN3O3/c1-2-17(10-6-4-3-5-7-10)14(19)11-8-9-16-13(15)12(11)18(20)21/h8-10H,2-7H2,1H3. The topological polar surface area (TPSA) is 76.3 Å². The highest BCUT2D eigenvalue weighted by Crippen LogP contribution is 2.29. The van der Waals surface area contributed by atoms with Gasteiger partial charge in [0.15, 0.2) is 0 Å². The molecule has 0 bridgehead atoms. The molecular formula is C14H18ClN3O3. The van der Waals surface area contributed by atoms with E-state index >= 15 is 0 Å². The Morgan fingerprint density at radius 1 is 1.48 bits per heavy atom. The minimum Gasteiger partial charge on any atom is -0.336 e. The highest BCUT2D eigenvalue weighted by atomic mass is 35.5. The van der Waals surface area contributed by atoms with Crippen molar-refractivity contribution in [3.8, 4) is 0 Å². The molecule has 114 valence electrons. The molecule has 1 amide bonds. The molecule has 7 heteroatoms. The van der Waals surface area contributed by atoms with E-state index < -0.39 is 10.6 Å². The lowest BCUT2D eigenvalue weighted by molar-refractivity contribution is -0.385. The molecule has 1 aliphatic carbocycles. The highest BCUT2D eigenvalue weighted by molar-refractivity contribution is 6.32. The van der Waals surface area contributed by atoms with E-state index in [4.69, 9.17) is 11.6 Å². The fourth-order valence-corrected chi connectivity index (χ4v) is 3.12. The smallest absolute Gasteiger partial charge is 0.319 e. The second-order valence-electron chi connectivity index (χ2n) is 5.14. The fourth-order valence-electron chi connectivity index (χ4n) is 2.89. The second-order valence-corrected chi connectivity index (χ2v) is 5.50. The number of hydrogen-bond donors (Lipinski definition) is 0. The number of pyridine rings is 1. The fraction of sp³-hybridized carbons (Fsp3) is 0.571. The van der Waals surface area contributed by atoms with Gasteiger partial charge in [0.2, 0.25) is 5.15 Å². The zero-order valence-corrected chi connectivity index (χ0v) is 12.7. The van der Waals surface area contributed by atoms with Crippen LogP contribution in [0.4, 0.5) is 5.69 Å². The average Bonchev–Trinajstić information content (AvgIpc) is 2.48. The monoisotopic (exact) mass is 311 g/mol. The van der Waals surface area contributed by atoms with E-state index in [0.717, 1.165) is 25.7 Å². The summed E-state index contributed by atoms with van der Waals surface area (Å²) in [6, 6.07) is 1.53. The molecule has 21 heavy (non-hydrogen) atoms. The first kappa shape index (κ1) is 15.7. The van der Waals surface area contributed by atoms with Crippen LogP contribution in [0.3, 0.4) is 0 Å². The largest absolute Gasteiger partial charge is 0.336 e. The van der Waals surface area contributed by atoms with Crippen molar-refractivity contribution >= 4 is 23.2 Å². The van der Waals surface area contributed by atoms with E-state index in [1.165, 1.54) is 18.7 Å². The van der Waals surface area contributed by atoms with Crippen molar-refractivity contribution in [1.29, 1.82) is 0 Å². The molecule has 0 N–H and O–H groups in total. The molecule has 0 aromatic carbocycles. The van der Waals surface area contributed by atoms with Crippen molar-refractivity contribution < 1.29 is 9.72 Å². The van der Waals surface area contributed by atoms with E-state index in [-0.39, 0.29) is 22.7 Å². The molecule has 0 atom stereocenters. The third-order valence-electron chi connectivity index (χ3n) is 3.91. The summed E-state index contributed by atoms with van der Waals surface area (Å²) in [6.07, 6.45) is 6.60. The molecule has 0 aliphatic heterocycles. The molecular weight excluding hydrogens is 294 g/mol. The first-order valence-corrected chi connectivity index (χ1v) is 7.54. The molecule has 0 unspecified atom stereocenters. The molecule has 0 spiro atoms. The van der Waals surface area contributed by atoms with Crippen LogP contribution in [0.25, 0.3) is 0 Å². The third-order valence-corrected chi connectivity index (χ3v) is 4.19. The number of hydrogen-bond acceptors (Lipinski definition) is 4. The molecule has 1 fully saturated rings. The Bertz CT molecular complexity index is 544. The minimum atomic E-state index is -0.642. The molecule has 2 rings (SSSR count). The molecule has 1 heterocycles. The number of halogens is 1. The molecule has 1 aromatic heterocycles. The Hall–Kier alpha value is -1.69. The summed E-state index contributed by atoms with van der Waals surface area (Å²) in [6.45, 7) is 2.42. The van der Waals surface area contributed by atoms with Crippen LogP contribution in [0.5, 0.6) is 0 Å². The van der Waals surface area contributed by atoms with Crippen LogP contribution in [0, 0.1) is 10.1 Å². The van der Waals surface area contributed by atoms with Gasteiger partial charge in [-0.15, -0.1) is 0 Å². The first-order chi connectivity index (χ1) is 10.1. The van der Waals surface area contributed by atoms with Crippen molar-refractivity contribution in [2.45, 2.75) is 45.1 Å². The van der Waals surface area contributed by atoms with Gasteiger partial charge in [-0.25, -0.2) is 4.98 Å². The van der Waals surface area contributed by atoms with E-state index in [9.17, 15) is 14.9 Å². The maximum atomic E-state index is 12.7.